The molecule has 0 heterocycles. The van der Waals surface area contributed by atoms with Crippen LogP contribution < -0.4 is 14.8 Å². The number of unbranched alkanes of at least 4 members (excludes halogenated alkanes) is 3. The number of hydrogen-bond donors (Lipinski definition) is 1. The molecule has 0 spiro atoms. The molecule has 0 saturated carbocycles. The smallest absolute Gasteiger partial charge is 0.265 e. The maximum Gasteiger partial charge on any atom is 0.265 e. The molecule has 0 aliphatic heterocycles. The number of carbonyl (C=O) groups excluding carboxylic acids is 1. The number of nitrogens with one attached hydrogen (secondary N) is 1. The van der Waals surface area contributed by atoms with Gasteiger partial charge >= 0.3 is 0 Å². The second kappa shape index (κ2) is 12.6. The van der Waals surface area contributed by atoms with E-state index in [0.717, 1.165) is 23.3 Å². The van der Waals surface area contributed by atoms with Crippen LogP contribution in [0.1, 0.15) is 46.0 Å². The van der Waals surface area contributed by atoms with Gasteiger partial charge in [0.15, 0.2) is 6.10 Å². The molecular formula is C28H33NO3. The van der Waals surface area contributed by atoms with E-state index in [1.807, 2.05) is 73.7 Å². The van der Waals surface area contributed by atoms with Crippen molar-refractivity contribution in [2.24, 2.45) is 0 Å². The lowest BCUT2D eigenvalue weighted by Gasteiger charge is -2.18. The topological polar surface area (TPSA) is 47.6 Å². The Morgan fingerprint density at radius 2 is 1.56 bits per heavy atom. The molecule has 0 aliphatic carbocycles. The Morgan fingerprint density at radius 1 is 0.812 bits per heavy atom. The molecule has 0 bridgehead atoms. The van der Waals surface area contributed by atoms with Crippen molar-refractivity contribution in [2.45, 2.75) is 52.1 Å². The molecule has 4 heteroatoms. The van der Waals surface area contributed by atoms with Crippen molar-refractivity contribution in [2.75, 3.05) is 11.9 Å². The lowest BCUT2D eigenvalue weighted by Crippen LogP contribution is -2.32. The Balaban J connectivity index is 1.55. The molecule has 1 atom stereocenters. The van der Waals surface area contributed by atoms with Crippen molar-refractivity contribution in [3.05, 3.63) is 78.9 Å². The molecule has 4 nitrogen and oxygen atoms in total. The molecule has 168 valence electrons. The SMILES string of the molecule is CCCCCCOc1cccc(NC(=O)C(CC)Oc2ccc(-c3ccccc3)cc2)c1. The minimum Gasteiger partial charge on any atom is -0.494 e. The molecule has 0 radical (unpaired) electrons. The van der Waals surface area contributed by atoms with Crippen molar-refractivity contribution in [3.8, 4) is 22.6 Å². The number of carbonyl (C=O) groups is 1. The fourth-order valence-corrected chi connectivity index (χ4v) is 3.45. The lowest BCUT2D eigenvalue weighted by atomic mass is 10.1. The van der Waals surface area contributed by atoms with Crippen LogP contribution in [-0.2, 0) is 4.79 Å². The van der Waals surface area contributed by atoms with Crippen LogP contribution in [0.4, 0.5) is 5.69 Å². The quantitative estimate of drug-likeness (QED) is 0.311. The summed E-state index contributed by atoms with van der Waals surface area (Å²) in [6, 6.07) is 25.5. The molecule has 3 aromatic carbocycles. The summed E-state index contributed by atoms with van der Waals surface area (Å²) in [7, 11) is 0. The van der Waals surface area contributed by atoms with E-state index in [1.165, 1.54) is 19.3 Å². The van der Waals surface area contributed by atoms with Crippen molar-refractivity contribution in [3.63, 3.8) is 0 Å². The fourth-order valence-electron chi connectivity index (χ4n) is 3.45. The van der Waals surface area contributed by atoms with E-state index in [1.54, 1.807) is 0 Å². The minimum atomic E-state index is -0.573. The van der Waals surface area contributed by atoms with Gasteiger partial charge < -0.3 is 14.8 Å². The van der Waals surface area contributed by atoms with Gasteiger partial charge in [0.1, 0.15) is 11.5 Å². The second-order valence-electron chi connectivity index (χ2n) is 7.83. The monoisotopic (exact) mass is 431 g/mol. The third-order valence-corrected chi connectivity index (χ3v) is 5.27. The van der Waals surface area contributed by atoms with Gasteiger partial charge in [-0.2, -0.15) is 0 Å². The summed E-state index contributed by atoms with van der Waals surface area (Å²) >= 11 is 0. The molecule has 1 unspecified atom stereocenters. The summed E-state index contributed by atoms with van der Waals surface area (Å²) < 4.78 is 11.8. The summed E-state index contributed by atoms with van der Waals surface area (Å²) in [6.07, 6.45) is 4.65. The van der Waals surface area contributed by atoms with Gasteiger partial charge in [-0.05, 0) is 48.2 Å². The number of anilines is 1. The van der Waals surface area contributed by atoms with E-state index >= 15 is 0 Å². The Morgan fingerprint density at radius 3 is 2.28 bits per heavy atom. The van der Waals surface area contributed by atoms with Crippen LogP contribution in [0, 0.1) is 0 Å². The molecule has 0 aromatic heterocycles. The van der Waals surface area contributed by atoms with Gasteiger partial charge in [0.2, 0.25) is 0 Å². The van der Waals surface area contributed by atoms with E-state index in [2.05, 4.69) is 24.4 Å². The average molecular weight is 432 g/mol. The van der Waals surface area contributed by atoms with Crippen molar-refractivity contribution < 1.29 is 14.3 Å². The number of ether oxygens (including phenoxy) is 2. The standard InChI is InChI=1S/C28H33NO3/c1-3-5-6-10-20-31-26-15-11-14-24(21-26)29-28(30)27(4-2)32-25-18-16-23(17-19-25)22-12-8-7-9-13-22/h7-9,11-19,21,27H,3-6,10,20H2,1-2H3,(H,29,30). The highest BCUT2D eigenvalue weighted by molar-refractivity contribution is 5.94. The third-order valence-electron chi connectivity index (χ3n) is 5.27. The normalized spacial score (nSPS) is 11.6. The highest BCUT2D eigenvalue weighted by Gasteiger charge is 2.19. The summed E-state index contributed by atoms with van der Waals surface area (Å²) in [5.74, 6) is 1.28. The van der Waals surface area contributed by atoms with Crippen molar-refractivity contribution in [1.82, 2.24) is 0 Å². The van der Waals surface area contributed by atoms with Gasteiger partial charge in [0.25, 0.3) is 5.91 Å². The van der Waals surface area contributed by atoms with Gasteiger partial charge in [-0.3, -0.25) is 4.79 Å². The molecule has 0 fully saturated rings. The van der Waals surface area contributed by atoms with Crippen LogP contribution in [0.15, 0.2) is 78.9 Å². The Labute approximate surface area is 191 Å². The largest absolute Gasteiger partial charge is 0.494 e. The molecule has 3 aromatic rings. The van der Waals surface area contributed by atoms with Crippen molar-refractivity contribution in [1.29, 1.82) is 0 Å². The summed E-state index contributed by atoms with van der Waals surface area (Å²) in [6.45, 7) is 4.83. The first-order valence-electron chi connectivity index (χ1n) is 11.6. The zero-order chi connectivity index (χ0) is 22.6. The van der Waals surface area contributed by atoms with Gasteiger partial charge in [-0.1, -0.05) is 81.6 Å². The van der Waals surface area contributed by atoms with Gasteiger partial charge in [-0.25, -0.2) is 0 Å². The van der Waals surface area contributed by atoms with E-state index in [-0.39, 0.29) is 5.91 Å². The average Bonchev–Trinajstić information content (AvgIpc) is 2.83. The zero-order valence-corrected chi connectivity index (χ0v) is 19.1. The summed E-state index contributed by atoms with van der Waals surface area (Å²) in [4.78, 5) is 12.8. The predicted molar refractivity (Wildman–Crippen MR) is 131 cm³/mol. The predicted octanol–water partition coefficient (Wildman–Crippen LogP) is 7.11. The first-order valence-corrected chi connectivity index (χ1v) is 11.6. The number of hydrogen-bond acceptors (Lipinski definition) is 3. The van der Waals surface area contributed by atoms with Crippen molar-refractivity contribution >= 4 is 11.6 Å². The van der Waals surface area contributed by atoms with E-state index < -0.39 is 6.10 Å². The lowest BCUT2D eigenvalue weighted by molar-refractivity contribution is -0.122. The van der Waals surface area contributed by atoms with Crippen LogP contribution >= 0.6 is 0 Å². The van der Waals surface area contributed by atoms with Crippen LogP contribution in [0.2, 0.25) is 0 Å². The minimum absolute atomic E-state index is 0.167. The van der Waals surface area contributed by atoms with E-state index in [9.17, 15) is 4.79 Å². The van der Waals surface area contributed by atoms with E-state index in [0.29, 0.717) is 24.5 Å². The Kier molecular flexibility index (Phi) is 9.18. The number of rotatable bonds is 12. The van der Waals surface area contributed by atoms with E-state index in [4.69, 9.17) is 9.47 Å². The van der Waals surface area contributed by atoms with Crippen LogP contribution in [0.25, 0.3) is 11.1 Å². The van der Waals surface area contributed by atoms with Gasteiger partial charge in [-0.15, -0.1) is 0 Å². The first-order chi connectivity index (χ1) is 15.7. The maximum atomic E-state index is 12.8. The highest BCUT2D eigenvalue weighted by atomic mass is 16.5. The third kappa shape index (κ3) is 7.16. The Hall–Kier alpha value is -3.27. The molecule has 0 saturated heterocycles. The fraction of sp³-hybridized carbons (Fsp3) is 0.321. The van der Waals surface area contributed by atoms with Gasteiger partial charge in [0, 0.05) is 11.8 Å². The molecule has 0 aliphatic rings. The summed E-state index contributed by atoms with van der Waals surface area (Å²) in [5, 5.41) is 2.96. The molecule has 1 N–H and O–H groups in total. The number of amides is 1. The first kappa shape index (κ1) is 23.4. The van der Waals surface area contributed by atoms with Crippen LogP contribution in [0.5, 0.6) is 11.5 Å². The maximum absolute atomic E-state index is 12.8. The second-order valence-corrected chi connectivity index (χ2v) is 7.83. The number of benzene rings is 3. The molecule has 1 amide bonds. The molecular weight excluding hydrogens is 398 g/mol. The van der Waals surface area contributed by atoms with Crippen LogP contribution in [-0.4, -0.2) is 18.6 Å². The molecule has 3 rings (SSSR count). The van der Waals surface area contributed by atoms with Gasteiger partial charge in [0.05, 0.1) is 6.61 Å². The highest BCUT2D eigenvalue weighted by Crippen LogP contribution is 2.24. The summed E-state index contributed by atoms with van der Waals surface area (Å²) in [5.41, 5.74) is 2.97. The zero-order valence-electron chi connectivity index (χ0n) is 19.1. The van der Waals surface area contributed by atoms with Crippen LogP contribution in [0.3, 0.4) is 0 Å². The Bertz CT molecular complexity index is 954. The molecule has 32 heavy (non-hydrogen) atoms.